The van der Waals surface area contributed by atoms with Gasteiger partial charge in [-0.3, -0.25) is 14.4 Å². The van der Waals surface area contributed by atoms with E-state index in [0.29, 0.717) is 23.4 Å². The van der Waals surface area contributed by atoms with Crippen LogP contribution in [0.5, 0.6) is 0 Å². The van der Waals surface area contributed by atoms with Gasteiger partial charge >= 0.3 is 0 Å². The number of amides is 3. The second kappa shape index (κ2) is 8.88. The summed E-state index contributed by atoms with van der Waals surface area (Å²) in [5.41, 5.74) is 2.41. The van der Waals surface area contributed by atoms with E-state index in [1.807, 2.05) is 12.1 Å². The van der Waals surface area contributed by atoms with Crippen LogP contribution in [-0.2, 0) is 6.54 Å². The number of nitrogens with zero attached hydrogens (tertiary/aromatic N) is 1. The maximum atomic E-state index is 12.8. The normalized spacial score (nSPS) is 10.3. The summed E-state index contributed by atoms with van der Waals surface area (Å²) in [5.74, 6) is -0.535. The van der Waals surface area contributed by atoms with Gasteiger partial charge in [-0.1, -0.05) is 18.2 Å². The van der Waals surface area contributed by atoms with Crippen molar-refractivity contribution in [1.29, 1.82) is 0 Å². The Morgan fingerprint density at radius 2 is 1.69 bits per heavy atom. The number of furan rings is 1. The SMILES string of the molecule is CNC(=O)c1ccc(CN(C)C(=O)c2cccc(NC(=O)c3ccco3)c2)cc1. The first-order valence-electron chi connectivity index (χ1n) is 8.99. The highest BCUT2D eigenvalue weighted by Gasteiger charge is 2.14. The van der Waals surface area contributed by atoms with Crippen LogP contribution in [0.15, 0.2) is 71.3 Å². The molecule has 0 aliphatic carbocycles. The molecule has 0 atom stereocenters. The van der Waals surface area contributed by atoms with Gasteiger partial charge in [-0.2, -0.15) is 0 Å². The van der Waals surface area contributed by atoms with Crippen LogP contribution in [0.2, 0.25) is 0 Å². The van der Waals surface area contributed by atoms with E-state index in [-0.39, 0.29) is 23.5 Å². The summed E-state index contributed by atoms with van der Waals surface area (Å²) in [6.45, 7) is 0.385. The molecule has 7 nitrogen and oxygen atoms in total. The number of anilines is 1. The van der Waals surface area contributed by atoms with Crippen molar-refractivity contribution in [3.8, 4) is 0 Å². The molecule has 3 aromatic rings. The van der Waals surface area contributed by atoms with Gasteiger partial charge in [0, 0.05) is 37.5 Å². The number of nitrogens with one attached hydrogen (secondary N) is 2. The minimum Gasteiger partial charge on any atom is -0.459 e. The molecule has 0 fully saturated rings. The second-order valence-corrected chi connectivity index (χ2v) is 6.45. The van der Waals surface area contributed by atoms with Gasteiger partial charge in [0.2, 0.25) is 0 Å². The van der Waals surface area contributed by atoms with Gasteiger partial charge in [0.25, 0.3) is 17.7 Å². The third-order valence-corrected chi connectivity index (χ3v) is 4.32. The molecular weight excluding hydrogens is 370 g/mol. The van der Waals surface area contributed by atoms with Crippen molar-refractivity contribution in [3.63, 3.8) is 0 Å². The van der Waals surface area contributed by atoms with E-state index in [1.165, 1.54) is 6.26 Å². The van der Waals surface area contributed by atoms with Crippen molar-refractivity contribution in [1.82, 2.24) is 10.2 Å². The molecule has 2 N–H and O–H groups in total. The van der Waals surface area contributed by atoms with Gasteiger partial charge in [0.05, 0.1) is 6.26 Å². The fourth-order valence-corrected chi connectivity index (χ4v) is 2.80. The summed E-state index contributed by atoms with van der Waals surface area (Å²) in [5, 5.41) is 5.28. The van der Waals surface area contributed by atoms with Gasteiger partial charge in [-0.25, -0.2) is 0 Å². The summed E-state index contributed by atoms with van der Waals surface area (Å²) in [7, 11) is 3.27. The van der Waals surface area contributed by atoms with E-state index in [2.05, 4.69) is 10.6 Å². The maximum Gasteiger partial charge on any atom is 0.291 e. The van der Waals surface area contributed by atoms with E-state index in [9.17, 15) is 14.4 Å². The Balaban J connectivity index is 1.66. The molecule has 1 heterocycles. The topological polar surface area (TPSA) is 91.7 Å². The number of carbonyl (C=O) groups is 3. The summed E-state index contributed by atoms with van der Waals surface area (Å²) in [4.78, 5) is 38.1. The molecule has 0 aliphatic rings. The molecule has 0 bridgehead atoms. The lowest BCUT2D eigenvalue weighted by molar-refractivity contribution is 0.0784. The zero-order chi connectivity index (χ0) is 20.8. The molecule has 29 heavy (non-hydrogen) atoms. The monoisotopic (exact) mass is 391 g/mol. The van der Waals surface area contributed by atoms with Gasteiger partial charge < -0.3 is 20.0 Å². The molecule has 7 heteroatoms. The maximum absolute atomic E-state index is 12.8. The third-order valence-electron chi connectivity index (χ3n) is 4.32. The van der Waals surface area contributed by atoms with E-state index in [1.54, 1.807) is 67.5 Å². The van der Waals surface area contributed by atoms with Crippen LogP contribution in [0.4, 0.5) is 5.69 Å². The fourth-order valence-electron chi connectivity index (χ4n) is 2.80. The first-order chi connectivity index (χ1) is 14.0. The van der Waals surface area contributed by atoms with Crippen molar-refractivity contribution in [2.75, 3.05) is 19.4 Å². The minimum absolute atomic E-state index is 0.158. The quantitative estimate of drug-likeness (QED) is 0.675. The Bertz CT molecular complexity index is 1010. The molecule has 0 saturated carbocycles. The summed E-state index contributed by atoms with van der Waals surface area (Å²) >= 11 is 0. The minimum atomic E-state index is -0.385. The highest BCUT2D eigenvalue weighted by Crippen LogP contribution is 2.15. The van der Waals surface area contributed by atoms with Gasteiger partial charge in [0.1, 0.15) is 0 Å². The van der Waals surface area contributed by atoms with Gasteiger partial charge in [-0.15, -0.1) is 0 Å². The fraction of sp³-hybridized carbons (Fsp3) is 0.136. The van der Waals surface area contributed by atoms with E-state index in [0.717, 1.165) is 5.56 Å². The molecule has 0 radical (unpaired) electrons. The highest BCUT2D eigenvalue weighted by molar-refractivity contribution is 6.03. The number of hydrogen-bond acceptors (Lipinski definition) is 4. The first kappa shape index (κ1) is 19.9. The van der Waals surface area contributed by atoms with E-state index < -0.39 is 0 Å². The van der Waals surface area contributed by atoms with E-state index in [4.69, 9.17) is 4.42 Å². The molecule has 0 unspecified atom stereocenters. The van der Waals surface area contributed by atoms with Crippen LogP contribution >= 0.6 is 0 Å². The molecule has 3 amide bonds. The number of hydrogen-bond donors (Lipinski definition) is 2. The third kappa shape index (κ3) is 4.90. The molecule has 0 aliphatic heterocycles. The highest BCUT2D eigenvalue weighted by atomic mass is 16.3. The molecule has 2 aromatic carbocycles. The summed E-state index contributed by atoms with van der Waals surface area (Å²) in [6, 6.07) is 17.0. The van der Waals surface area contributed by atoms with E-state index >= 15 is 0 Å². The Morgan fingerprint density at radius 3 is 2.34 bits per heavy atom. The molecule has 0 spiro atoms. The van der Waals surface area contributed by atoms with Gasteiger partial charge in [0.15, 0.2) is 5.76 Å². The number of rotatable bonds is 6. The molecular formula is C22H21N3O4. The van der Waals surface area contributed by atoms with Crippen LogP contribution in [0, 0.1) is 0 Å². The van der Waals surface area contributed by atoms with Crippen LogP contribution in [-0.4, -0.2) is 36.7 Å². The smallest absolute Gasteiger partial charge is 0.291 e. The van der Waals surface area contributed by atoms with Gasteiger partial charge in [-0.05, 0) is 48.0 Å². The average Bonchev–Trinajstić information content (AvgIpc) is 3.28. The predicted molar refractivity (Wildman–Crippen MR) is 109 cm³/mol. The zero-order valence-electron chi connectivity index (χ0n) is 16.1. The molecule has 3 rings (SSSR count). The van der Waals surface area contributed by atoms with Crippen LogP contribution in [0.1, 0.15) is 36.8 Å². The lowest BCUT2D eigenvalue weighted by Crippen LogP contribution is -2.26. The Labute approximate surface area is 168 Å². The first-order valence-corrected chi connectivity index (χ1v) is 8.99. The number of carbonyl (C=O) groups excluding carboxylic acids is 3. The predicted octanol–water partition coefficient (Wildman–Crippen LogP) is 3.16. The van der Waals surface area contributed by atoms with Crippen molar-refractivity contribution >= 4 is 23.4 Å². The zero-order valence-corrected chi connectivity index (χ0v) is 16.1. The Hall–Kier alpha value is -3.87. The molecule has 148 valence electrons. The van der Waals surface area contributed by atoms with Crippen LogP contribution in [0.25, 0.3) is 0 Å². The Morgan fingerprint density at radius 1 is 0.931 bits per heavy atom. The molecule has 0 saturated heterocycles. The van der Waals surface area contributed by atoms with Crippen molar-refractivity contribution in [2.45, 2.75) is 6.54 Å². The largest absolute Gasteiger partial charge is 0.459 e. The van der Waals surface area contributed by atoms with Crippen molar-refractivity contribution in [2.24, 2.45) is 0 Å². The summed E-state index contributed by atoms with van der Waals surface area (Å²) < 4.78 is 5.07. The van der Waals surface area contributed by atoms with Crippen molar-refractivity contribution < 1.29 is 18.8 Å². The summed E-state index contributed by atoms with van der Waals surface area (Å²) in [6.07, 6.45) is 1.42. The van der Waals surface area contributed by atoms with Crippen LogP contribution in [0.3, 0.4) is 0 Å². The van der Waals surface area contributed by atoms with Crippen LogP contribution < -0.4 is 10.6 Å². The number of benzene rings is 2. The standard InChI is InChI=1S/C22H21N3O4/c1-23-20(26)16-10-8-15(9-11-16)14-25(2)22(28)17-5-3-6-18(13-17)24-21(27)19-7-4-12-29-19/h3-13H,14H2,1-2H3,(H,23,26)(H,24,27). The van der Waals surface area contributed by atoms with Crippen molar-refractivity contribution in [3.05, 3.63) is 89.4 Å². The Kier molecular flexibility index (Phi) is 6.09. The second-order valence-electron chi connectivity index (χ2n) is 6.45. The average molecular weight is 391 g/mol. The lowest BCUT2D eigenvalue weighted by atomic mass is 10.1. The molecule has 1 aromatic heterocycles. The lowest BCUT2D eigenvalue weighted by Gasteiger charge is -2.18.